The first-order valence-corrected chi connectivity index (χ1v) is 43.1. The van der Waals surface area contributed by atoms with Gasteiger partial charge >= 0.3 is 39.5 Å². The summed E-state index contributed by atoms with van der Waals surface area (Å²) in [6.45, 7) is 4.49. The van der Waals surface area contributed by atoms with Gasteiger partial charge < -0.3 is 33.8 Å². The lowest BCUT2D eigenvalue weighted by molar-refractivity contribution is -0.161. The molecule has 0 aliphatic heterocycles. The Morgan fingerprint density at radius 2 is 0.529 bits per heavy atom. The number of aliphatic hydroxyl groups is 1. The molecule has 0 aliphatic rings. The summed E-state index contributed by atoms with van der Waals surface area (Å²) in [7, 11) is -10.00. The molecule has 0 radical (unpaired) electrons. The van der Waals surface area contributed by atoms with Crippen LogP contribution in [0.3, 0.4) is 0 Å². The standard InChI is InChI=1S/C85H142O17P2/c1-5-9-13-17-21-25-29-33-36-38-39-41-44-47-50-54-58-62-66-70-83(88)96-76-81(102-85(90)72-68-64-60-56-52-48-42-35-31-27-23-19-15-11-7-3)78-100-104(93,94)98-74-79(86)73-97-103(91,92)99-77-80(101-84(89)71-67-63-59-55-51-45-32-28-24-20-16-12-8-4)75-95-82(87)69-65-61-57-53-49-46-43-40-37-34-30-26-22-18-14-10-6-2/h9-10,13-14,21-22,25-26,33-37,39,41-43,46-47,50,53,57-58,62,79-81,86H,5-8,11-12,15-20,23-24,27-32,38,40,44-45,48-49,51-52,54-56,59-61,63-78H2,1-4H3,(H,91,92)(H,93,94)/b13-9-,14-10-,25-21-,26-22-,36-33-,37-34-,41-39-,42-35-,46-43-,50-47-,57-53-,62-58-. The topological polar surface area (TPSA) is 237 Å². The average molecular weight is 1500 g/mol. The lowest BCUT2D eigenvalue weighted by Crippen LogP contribution is -2.30. The van der Waals surface area contributed by atoms with Crippen LogP contribution in [0.4, 0.5) is 0 Å². The number of aliphatic hydroxyl groups excluding tert-OH is 1. The number of carbonyl (C=O) groups excluding carboxylic acids is 4. The van der Waals surface area contributed by atoms with Gasteiger partial charge in [-0.3, -0.25) is 37.3 Å². The number of rotatable bonds is 74. The minimum atomic E-state index is -5.00. The molecule has 0 aromatic carbocycles. The summed E-state index contributed by atoms with van der Waals surface area (Å²) in [4.78, 5) is 73.0. The number of allylic oxidation sites excluding steroid dienone is 24. The van der Waals surface area contributed by atoms with Crippen LogP contribution in [0.5, 0.6) is 0 Å². The Kier molecular flexibility index (Phi) is 72.4. The summed E-state index contributed by atoms with van der Waals surface area (Å²) in [6.07, 6.45) is 87.1. The number of hydrogen-bond donors (Lipinski definition) is 3. The Bertz CT molecular complexity index is 2540. The first kappa shape index (κ1) is 98.9. The van der Waals surface area contributed by atoms with Crippen molar-refractivity contribution < 1.29 is 80.2 Å². The second kappa shape index (κ2) is 76.1. The Hall–Kier alpha value is -5.06. The molecule has 0 saturated carbocycles. The van der Waals surface area contributed by atoms with Gasteiger partial charge in [0.05, 0.1) is 26.4 Å². The number of phosphoric acid groups is 2. The average Bonchev–Trinajstić information content (AvgIpc) is 0.911. The summed E-state index contributed by atoms with van der Waals surface area (Å²) in [5, 5.41) is 10.6. The van der Waals surface area contributed by atoms with E-state index in [1.54, 1.807) is 0 Å². The zero-order chi connectivity index (χ0) is 76.0. The van der Waals surface area contributed by atoms with Crippen molar-refractivity contribution in [1.29, 1.82) is 0 Å². The minimum Gasteiger partial charge on any atom is -0.462 e. The van der Waals surface area contributed by atoms with Crippen LogP contribution in [-0.2, 0) is 65.4 Å². The lowest BCUT2D eigenvalue weighted by Gasteiger charge is -2.21. The molecule has 5 unspecified atom stereocenters. The van der Waals surface area contributed by atoms with Gasteiger partial charge in [0.15, 0.2) is 12.2 Å². The first-order valence-electron chi connectivity index (χ1n) is 40.1. The van der Waals surface area contributed by atoms with Crippen molar-refractivity contribution in [2.45, 2.75) is 329 Å². The third-order valence-corrected chi connectivity index (χ3v) is 18.2. The van der Waals surface area contributed by atoms with Crippen LogP contribution in [0.15, 0.2) is 146 Å². The molecule has 594 valence electrons. The molecule has 0 amide bonds. The number of unbranched alkanes of at least 4 members (excludes halogenated alkanes) is 24. The molecule has 0 bridgehead atoms. The Morgan fingerprint density at radius 1 is 0.279 bits per heavy atom. The van der Waals surface area contributed by atoms with E-state index >= 15 is 0 Å². The van der Waals surface area contributed by atoms with Gasteiger partial charge in [0.25, 0.3) is 0 Å². The third kappa shape index (κ3) is 75.2. The number of ether oxygens (including phenoxy) is 4. The van der Waals surface area contributed by atoms with E-state index in [2.05, 4.69) is 143 Å². The molecule has 0 aromatic heterocycles. The molecule has 5 atom stereocenters. The van der Waals surface area contributed by atoms with Crippen molar-refractivity contribution in [3.63, 3.8) is 0 Å². The van der Waals surface area contributed by atoms with Gasteiger partial charge in [-0.15, -0.1) is 0 Å². The summed E-state index contributed by atoms with van der Waals surface area (Å²) in [6, 6.07) is 0. The van der Waals surface area contributed by atoms with E-state index in [9.17, 15) is 43.2 Å². The van der Waals surface area contributed by atoms with E-state index in [1.807, 2.05) is 30.4 Å². The Balaban J connectivity index is 5.47. The first-order chi connectivity index (χ1) is 50.7. The minimum absolute atomic E-state index is 0.0307. The van der Waals surface area contributed by atoms with E-state index in [4.69, 9.17) is 37.0 Å². The smallest absolute Gasteiger partial charge is 0.462 e. The molecule has 3 N–H and O–H groups in total. The molecular weight excluding hydrogens is 1350 g/mol. The maximum absolute atomic E-state index is 13.1. The van der Waals surface area contributed by atoms with Crippen LogP contribution >= 0.6 is 15.6 Å². The highest BCUT2D eigenvalue weighted by Gasteiger charge is 2.30. The van der Waals surface area contributed by atoms with Gasteiger partial charge in [0.1, 0.15) is 19.3 Å². The molecule has 0 heterocycles. The van der Waals surface area contributed by atoms with Gasteiger partial charge in [-0.05, 0) is 128 Å². The van der Waals surface area contributed by atoms with Crippen LogP contribution in [0, 0.1) is 0 Å². The maximum Gasteiger partial charge on any atom is 0.472 e. The van der Waals surface area contributed by atoms with Gasteiger partial charge in [-0.2, -0.15) is 0 Å². The summed E-state index contributed by atoms with van der Waals surface area (Å²) in [5.74, 6) is -2.35. The fourth-order valence-electron chi connectivity index (χ4n) is 10.3. The highest BCUT2D eigenvalue weighted by Crippen LogP contribution is 2.45. The number of phosphoric ester groups is 2. The van der Waals surface area contributed by atoms with Crippen LogP contribution < -0.4 is 0 Å². The molecular formula is C85H142O17P2. The van der Waals surface area contributed by atoms with E-state index in [1.165, 1.54) is 89.9 Å². The van der Waals surface area contributed by atoms with E-state index < -0.39 is 97.5 Å². The normalized spacial score (nSPS) is 14.6. The van der Waals surface area contributed by atoms with Crippen molar-refractivity contribution in [2.24, 2.45) is 0 Å². The summed E-state index contributed by atoms with van der Waals surface area (Å²) < 4.78 is 68.5. The van der Waals surface area contributed by atoms with E-state index in [0.29, 0.717) is 38.5 Å². The molecule has 19 heteroatoms. The molecule has 0 rings (SSSR count). The maximum atomic E-state index is 13.1. The Morgan fingerprint density at radius 3 is 0.865 bits per heavy atom. The number of hydrogen-bond acceptors (Lipinski definition) is 15. The summed E-state index contributed by atoms with van der Waals surface area (Å²) in [5.41, 5.74) is 0. The van der Waals surface area contributed by atoms with Crippen LogP contribution in [0.2, 0.25) is 0 Å². The second-order valence-corrected chi connectivity index (χ2v) is 29.2. The molecule has 0 spiro atoms. The molecule has 104 heavy (non-hydrogen) atoms. The predicted molar refractivity (Wildman–Crippen MR) is 427 cm³/mol. The number of esters is 4. The quantitative estimate of drug-likeness (QED) is 0.0169. The van der Waals surface area contributed by atoms with Crippen molar-refractivity contribution in [3.8, 4) is 0 Å². The SMILES string of the molecule is CC/C=C\C/C=C\C/C=C\C/C=C\C/C=C\C/C=C\CCC(=O)OCC(COP(=O)(O)OCC(O)COP(=O)(O)OCC(COC(=O)CCC/C=C\C/C=C\C/C=C\C/C=C\C/C=C\CC)OC(=O)CCCCCCCCCCCCCCC)OC(=O)CCCCCCC/C=C\CCCCCCCC. The monoisotopic (exact) mass is 1500 g/mol. The predicted octanol–water partition coefficient (Wildman–Crippen LogP) is 23.4. The van der Waals surface area contributed by atoms with Crippen molar-refractivity contribution in [3.05, 3.63) is 146 Å². The van der Waals surface area contributed by atoms with Crippen molar-refractivity contribution >= 4 is 39.5 Å². The van der Waals surface area contributed by atoms with Crippen LogP contribution in [0.25, 0.3) is 0 Å². The number of carbonyl (C=O) groups is 4. The Labute approximate surface area is 630 Å². The third-order valence-electron chi connectivity index (χ3n) is 16.3. The molecule has 0 aromatic rings. The molecule has 0 aliphatic carbocycles. The van der Waals surface area contributed by atoms with E-state index in [0.717, 1.165) is 128 Å². The van der Waals surface area contributed by atoms with E-state index in [-0.39, 0.29) is 25.7 Å². The highest BCUT2D eigenvalue weighted by molar-refractivity contribution is 7.47. The van der Waals surface area contributed by atoms with Crippen molar-refractivity contribution in [1.82, 2.24) is 0 Å². The van der Waals surface area contributed by atoms with Gasteiger partial charge in [0, 0.05) is 25.7 Å². The fourth-order valence-corrected chi connectivity index (χ4v) is 11.9. The van der Waals surface area contributed by atoms with Gasteiger partial charge in [-0.1, -0.05) is 302 Å². The fraction of sp³-hybridized carbons (Fsp3) is 0.671. The van der Waals surface area contributed by atoms with Crippen molar-refractivity contribution in [2.75, 3.05) is 39.6 Å². The summed E-state index contributed by atoms with van der Waals surface area (Å²) >= 11 is 0. The zero-order valence-electron chi connectivity index (χ0n) is 64.9. The second-order valence-electron chi connectivity index (χ2n) is 26.2. The zero-order valence-corrected chi connectivity index (χ0v) is 66.7. The van der Waals surface area contributed by atoms with Crippen LogP contribution in [-0.4, -0.2) is 96.7 Å². The largest absolute Gasteiger partial charge is 0.472 e. The van der Waals surface area contributed by atoms with Gasteiger partial charge in [-0.25, -0.2) is 9.13 Å². The van der Waals surface area contributed by atoms with Gasteiger partial charge in [0.2, 0.25) is 0 Å². The lowest BCUT2D eigenvalue weighted by atomic mass is 10.0. The molecule has 17 nitrogen and oxygen atoms in total. The molecule has 0 saturated heterocycles. The highest BCUT2D eigenvalue weighted by atomic mass is 31.2. The molecule has 0 fully saturated rings. The van der Waals surface area contributed by atoms with Crippen LogP contribution in [0.1, 0.15) is 310 Å².